The molecule has 3 aromatic carbocycles. The van der Waals surface area contributed by atoms with Crippen LogP contribution in [0, 0.1) is 0 Å². The van der Waals surface area contributed by atoms with Gasteiger partial charge in [0.15, 0.2) is 0 Å². The Morgan fingerprint density at radius 2 is 1.00 bits per heavy atom. The van der Waals surface area contributed by atoms with Gasteiger partial charge in [0.2, 0.25) is 0 Å². The summed E-state index contributed by atoms with van der Waals surface area (Å²) in [6, 6.07) is 31.8. The fourth-order valence-electron chi connectivity index (χ4n) is 3.58. The van der Waals surface area contributed by atoms with Crippen molar-refractivity contribution < 1.29 is 0 Å². The smallest absolute Gasteiger partial charge is 0.0602 e. The number of hydrogen-bond donors (Lipinski definition) is 1. The van der Waals surface area contributed by atoms with E-state index in [0.29, 0.717) is 0 Å². The number of nitrogens with two attached hydrogens (primary N) is 1. The first-order chi connectivity index (χ1) is 11.8. The van der Waals surface area contributed by atoms with Crippen LogP contribution >= 0.6 is 15.9 Å². The highest BCUT2D eigenvalue weighted by Gasteiger charge is 2.41. The van der Waals surface area contributed by atoms with Crippen LogP contribution in [0.2, 0.25) is 0 Å². The van der Waals surface area contributed by atoms with Crippen molar-refractivity contribution in [3.05, 3.63) is 108 Å². The van der Waals surface area contributed by atoms with E-state index in [1.807, 2.05) is 0 Å². The number of halogens is 1. The van der Waals surface area contributed by atoms with Gasteiger partial charge in [-0.25, -0.2) is 0 Å². The zero-order chi connectivity index (χ0) is 16.8. The van der Waals surface area contributed by atoms with E-state index in [1.165, 1.54) is 16.7 Å². The maximum Gasteiger partial charge on any atom is 0.0602 e. The predicted molar refractivity (Wildman–Crippen MR) is 106 cm³/mol. The van der Waals surface area contributed by atoms with E-state index in [4.69, 9.17) is 5.73 Å². The molecule has 0 fully saturated rings. The Labute approximate surface area is 152 Å². The lowest BCUT2D eigenvalue weighted by atomic mass is 9.64. The van der Waals surface area contributed by atoms with E-state index in [1.54, 1.807) is 0 Å². The van der Waals surface area contributed by atoms with Gasteiger partial charge < -0.3 is 5.73 Å². The monoisotopic (exact) mass is 379 g/mol. The van der Waals surface area contributed by atoms with E-state index in [2.05, 4.69) is 107 Å². The van der Waals surface area contributed by atoms with Gasteiger partial charge in [0.1, 0.15) is 0 Å². The lowest BCUT2D eigenvalue weighted by Crippen LogP contribution is -2.47. The summed E-state index contributed by atoms with van der Waals surface area (Å²) in [4.78, 5) is 0. The van der Waals surface area contributed by atoms with E-state index in [9.17, 15) is 0 Å². The summed E-state index contributed by atoms with van der Waals surface area (Å²) in [5, 5.41) is 0.877. The van der Waals surface area contributed by atoms with Crippen LogP contribution < -0.4 is 5.73 Å². The molecule has 0 radical (unpaired) electrons. The number of alkyl halides is 1. The molecule has 0 aromatic heterocycles. The van der Waals surface area contributed by atoms with E-state index in [-0.39, 0.29) is 11.5 Å². The lowest BCUT2D eigenvalue weighted by molar-refractivity contribution is 0.465. The molecule has 0 amide bonds. The highest BCUT2D eigenvalue weighted by molar-refractivity contribution is 9.09. The van der Waals surface area contributed by atoms with Crippen LogP contribution in [0.1, 0.15) is 23.1 Å². The van der Waals surface area contributed by atoms with Gasteiger partial charge in [-0.1, -0.05) is 107 Å². The fourth-order valence-corrected chi connectivity index (χ4v) is 4.07. The molecule has 1 atom stereocenters. The molecule has 0 aliphatic heterocycles. The minimum absolute atomic E-state index is 0.0379. The number of rotatable bonds is 6. The highest BCUT2D eigenvalue weighted by atomic mass is 79.9. The van der Waals surface area contributed by atoms with Gasteiger partial charge in [0, 0.05) is 11.4 Å². The summed E-state index contributed by atoms with van der Waals surface area (Å²) in [6.07, 6.45) is 0.888. The van der Waals surface area contributed by atoms with Crippen molar-refractivity contribution in [1.29, 1.82) is 0 Å². The van der Waals surface area contributed by atoms with E-state index in [0.717, 1.165) is 11.8 Å². The van der Waals surface area contributed by atoms with E-state index >= 15 is 0 Å². The molecule has 24 heavy (non-hydrogen) atoms. The minimum atomic E-state index is -0.364. The molecule has 0 saturated heterocycles. The third kappa shape index (κ3) is 3.04. The molecule has 3 rings (SSSR count). The average molecular weight is 380 g/mol. The molecule has 3 aromatic rings. The number of benzene rings is 3. The first-order valence-electron chi connectivity index (χ1n) is 8.28. The molecule has 2 N–H and O–H groups in total. The summed E-state index contributed by atoms with van der Waals surface area (Å²) in [6.45, 7) is 0. The van der Waals surface area contributed by atoms with Crippen LogP contribution in [0.5, 0.6) is 0 Å². The van der Waals surface area contributed by atoms with Gasteiger partial charge in [0.05, 0.1) is 5.41 Å². The number of hydrogen-bond acceptors (Lipinski definition) is 1. The van der Waals surface area contributed by atoms with Gasteiger partial charge in [0.25, 0.3) is 0 Å². The molecule has 122 valence electrons. The Bertz CT molecular complexity index is 644. The molecule has 1 nitrogen and oxygen atoms in total. The molecule has 0 aliphatic rings. The minimum Gasteiger partial charge on any atom is -0.326 e. The Hall–Kier alpha value is -1.90. The van der Waals surface area contributed by atoms with Crippen molar-refractivity contribution in [3.8, 4) is 0 Å². The zero-order valence-corrected chi connectivity index (χ0v) is 15.2. The molecule has 0 spiro atoms. The van der Waals surface area contributed by atoms with Crippen molar-refractivity contribution in [1.82, 2.24) is 0 Å². The molecule has 0 bridgehead atoms. The predicted octanol–water partition coefficient (Wildman–Crippen LogP) is 5.13. The van der Waals surface area contributed by atoms with Crippen molar-refractivity contribution in [2.45, 2.75) is 17.9 Å². The van der Waals surface area contributed by atoms with Crippen molar-refractivity contribution in [2.24, 2.45) is 5.73 Å². The fraction of sp³-hybridized carbons (Fsp3) is 0.182. The molecule has 0 heterocycles. The first-order valence-corrected chi connectivity index (χ1v) is 9.40. The standard InChI is InChI=1S/C22H22BrN/c23-17-16-21(24)22(18-10-4-1-5-11-18,19-12-6-2-7-13-19)20-14-8-3-9-15-20/h1-15,21H,16-17,24H2. The maximum atomic E-state index is 6.83. The van der Waals surface area contributed by atoms with Crippen LogP contribution in [0.4, 0.5) is 0 Å². The second-order valence-electron chi connectivity index (χ2n) is 5.99. The molecule has 0 aliphatic carbocycles. The van der Waals surface area contributed by atoms with Crippen molar-refractivity contribution in [2.75, 3.05) is 5.33 Å². The first kappa shape index (κ1) is 16.9. The van der Waals surface area contributed by atoms with Crippen LogP contribution in [-0.4, -0.2) is 11.4 Å². The molecular weight excluding hydrogens is 358 g/mol. The SMILES string of the molecule is NC(CCBr)C(c1ccccc1)(c1ccccc1)c1ccccc1. The summed E-state index contributed by atoms with van der Waals surface area (Å²) < 4.78 is 0. The highest BCUT2D eigenvalue weighted by Crippen LogP contribution is 2.42. The Morgan fingerprint density at radius 3 is 1.29 bits per heavy atom. The van der Waals surface area contributed by atoms with Gasteiger partial charge in [-0.05, 0) is 23.1 Å². The maximum absolute atomic E-state index is 6.83. The van der Waals surface area contributed by atoms with Crippen LogP contribution in [0.3, 0.4) is 0 Å². The second-order valence-corrected chi connectivity index (χ2v) is 6.78. The summed E-state index contributed by atoms with van der Waals surface area (Å²) in [5.74, 6) is 0. The average Bonchev–Trinajstić information content (AvgIpc) is 2.65. The topological polar surface area (TPSA) is 26.0 Å². The van der Waals surface area contributed by atoms with Crippen LogP contribution in [0.25, 0.3) is 0 Å². The second kappa shape index (κ2) is 7.78. The van der Waals surface area contributed by atoms with Crippen molar-refractivity contribution in [3.63, 3.8) is 0 Å². The Balaban J connectivity index is 2.33. The third-order valence-corrected chi connectivity index (χ3v) is 5.12. The molecule has 0 saturated carbocycles. The van der Waals surface area contributed by atoms with Crippen LogP contribution in [0.15, 0.2) is 91.0 Å². The van der Waals surface area contributed by atoms with Crippen molar-refractivity contribution >= 4 is 15.9 Å². The summed E-state index contributed by atoms with van der Waals surface area (Å²) in [5.41, 5.74) is 10.2. The largest absolute Gasteiger partial charge is 0.326 e. The van der Waals surface area contributed by atoms with Gasteiger partial charge in [-0.3, -0.25) is 0 Å². The Kier molecular flexibility index (Phi) is 5.49. The summed E-state index contributed by atoms with van der Waals surface area (Å²) in [7, 11) is 0. The normalized spacial score (nSPS) is 12.8. The quantitative estimate of drug-likeness (QED) is 0.466. The third-order valence-electron chi connectivity index (χ3n) is 4.66. The van der Waals surface area contributed by atoms with Gasteiger partial charge >= 0.3 is 0 Å². The van der Waals surface area contributed by atoms with Crippen LogP contribution in [-0.2, 0) is 5.41 Å². The van der Waals surface area contributed by atoms with E-state index < -0.39 is 0 Å². The van der Waals surface area contributed by atoms with Gasteiger partial charge in [-0.15, -0.1) is 0 Å². The zero-order valence-electron chi connectivity index (χ0n) is 13.6. The lowest BCUT2D eigenvalue weighted by Gasteiger charge is -2.41. The molecule has 2 heteroatoms. The molecule has 1 unspecified atom stereocenters. The Morgan fingerprint density at radius 1 is 0.667 bits per heavy atom. The summed E-state index contributed by atoms with van der Waals surface area (Å²) >= 11 is 3.58. The van der Waals surface area contributed by atoms with Gasteiger partial charge in [-0.2, -0.15) is 0 Å². The molecular formula is C22H22BrN.